The molecule has 22 heavy (non-hydrogen) atoms. The lowest BCUT2D eigenvalue weighted by Gasteiger charge is -2.31. The molecule has 6 heteroatoms. The number of amides is 1. The monoisotopic (exact) mass is 320 g/mol. The van der Waals surface area contributed by atoms with Gasteiger partial charge in [-0.15, -0.1) is 0 Å². The Balaban J connectivity index is 2.08. The van der Waals surface area contributed by atoms with Crippen molar-refractivity contribution in [2.75, 3.05) is 18.6 Å². The molecule has 3 rings (SSSR count). The molecule has 1 aromatic heterocycles. The summed E-state index contributed by atoms with van der Waals surface area (Å²) in [4.78, 5) is 17.8. The number of anilines is 1. The average Bonchev–Trinajstić information content (AvgIpc) is 2.54. The van der Waals surface area contributed by atoms with Crippen molar-refractivity contribution in [1.29, 1.82) is 0 Å². The van der Waals surface area contributed by atoms with Crippen LogP contribution in [0.2, 0.25) is 5.02 Å². The molecule has 114 valence electrons. The van der Waals surface area contributed by atoms with E-state index in [0.717, 1.165) is 24.5 Å². The van der Waals surface area contributed by atoms with Gasteiger partial charge in [-0.3, -0.25) is 4.79 Å². The maximum Gasteiger partial charge on any atom is 0.258 e. The number of ether oxygens (including phenoxy) is 1. The van der Waals surface area contributed by atoms with Gasteiger partial charge in [-0.05, 0) is 36.6 Å². The zero-order valence-corrected chi connectivity index (χ0v) is 12.7. The second kappa shape index (κ2) is 5.93. The van der Waals surface area contributed by atoms with Crippen LogP contribution in [0.15, 0.2) is 30.5 Å². The third-order valence-electron chi connectivity index (χ3n) is 3.71. The average molecular weight is 321 g/mol. The fourth-order valence-corrected chi connectivity index (χ4v) is 2.96. The van der Waals surface area contributed by atoms with Gasteiger partial charge in [-0.1, -0.05) is 11.6 Å². The second-order valence-corrected chi connectivity index (χ2v) is 5.41. The lowest BCUT2D eigenvalue weighted by molar-refractivity contribution is 0.0983. The Hall–Kier alpha value is -2.14. The number of benzene rings is 1. The standard InChI is InChI=1S/C16H14ClFN2O2/c1-22-13-5-4-12(17)11-3-2-8-20(15(11)13)16(21)10-6-7-19-14(18)9-10/h4-7,9H,2-3,8H2,1H3. The number of nitrogens with zero attached hydrogens (tertiary/aromatic N) is 2. The van der Waals surface area contributed by atoms with E-state index in [1.807, 2.05) is 0 Å². The molecule has 2 heterocycles. The highest BCUT2D eigenvalue weighted by Gasteiger charge is 2.28. The molecule has 4 nitrogen and oxygen atoms in total. The van der Waals surface area contributed by atoms with Crippen LogP contribution in [-0.4, -0.2) is 24.5 Å². The number of halogens is 2. The molecule has 1 aliphatic heterocycles. The Kier molecular flexibility index (Phi) is 3.98. The molecule has 0 bridgehead atoms. The van der Waals surface area contributed by atoms with Gasteiger partial charge in [0.25, 0.3) is 5.91 Å². The number of rotatable bonds is 2. The van der Waals surface area contributed by atoms with Crippen molar-refractivity contribution in [3.05, 3.63) is 52.6 Å². The number of aromatic nitrogens is 1. The molecule has 0 unspecified atom stereocenters. The molecule has 2 aromatic rings. The first-order valence-corrected chi connectivity index (χ1v) is 7.28. The summed E-state index contributed by atoms with van der Waals surface area (Å²) in [6.07, 6.45) is 2.85. The minimum atomic E-state index is -0.679. The van der Waals surface area contributed by atoms with Crippen LogP contribution >= 0.6 is 11.6 Å². The number of methoxy groups -OCH3 is 1. The molecule has 1 amide bonds. The summed E-state index contributed by atoms with van der Waals surface area (Å²) in [6.45, 7) is 0.534. The van der Waals surface area contributed by atoms with E-state index in [0.29, 0.717) is 23.0 Å². The highest BCUT2D eigenvalue weighted by molar-refractivity contribution is 6.32. The van der Waals surface area contributed by atoms with E-state index < -0.39 is 5.95 Å². The van der Waals surface area contributed by atoms with Gasteiger partial charge in [-0.2, -0.15) is 4.39 Å². The smallest absolute Gasteiger partial charge is 0.258 e. The number of hydrogen-bond acceptors (Lipinski definition) is 3. The zero-order chi connectivity index (χ0) is 15.7. The predicted octanol–water partition coefficient (Wildman–Crippen LogP) is 3.48. The molecule has 0 fully saturated rings. The van der Waals surface area contributed by atoms with Gasteiger partial charge >= 0.3 is 0 Å². The van der Waals surface area contributed by atoms with Crippen LogP contribution in [0.1, 0.15) is 22.3 Å². The predicted molar refractivity (Wildman–Crippen MR) is 82.2 cm³/mol. The summed E-state index contributed by atoms with van der Waals surface area (Å²) >= 11 is 6.25. The van der Waals surface area contributed by atoms with E-state index >= 15 is 0 Å². The molecule has 0 saturated carbocycles. The van der Waals surface area contributed by atoms with Crippen molar-refractivity contribution in [3.8, 4) is 5.75 Å². The summed E-state index contributed by atoms with van der Waals surface area (Å²) in [6, 6.07) is 6.13. The lowest BCUT2D eigenvalue weighted by atomic mass is 10.00. The third-order valence-corrected chi connectivity index (χ3v) is 4.06. The minimum Gasteiger partial charge on any atom is -0.495 e. The summed E-state index contributed by atoms with van der Waals surface area (Å²) in [5.41, 5.74) is 1.81. The largest absolute Gasteiger partial charge is 0.495 e. The normalized spacial score (nSPS) is 13.7. The Labute approximate surface area is 132 Å². The van der Waals surface area contributed by atoms with Gasteiger partial charge in [-0.25, -0.2) is 4.98 Å². The molecular formula is C16H14ClFN2O2. The van der Waals surface area contributed by atoms with Crippen LogP contribution in [0.5, 0.6) is 5.75 Å². The topological polar surface area (TPSA) is 42.4 Å². The third kappa shape index (κ3) is 2.52. The molecular weight excluding hydrogens is 307 g/mol. The van der Waals surface area contributed by atoms with Crippen LogP contribution in [0.25, 0.3) is 0 Å². The molecule has 0 saturated heterocycles. The Bertz CT molecular complexity index is 736. The highest BCUT2D eigenvalue weighted by Crippen LogP contribution is 2.40. The van der Waals surface area contributed by atoms with E-state index in [4.69, 9.17) is 16.3 Å². The van der Waals surface area contributed by atoms with Gasteiger partial charge in [0.15, 0.2) is 0 Å². The number of carbonyl (C=O) groups is 1. The van der Waals surface area contributed by atoms with Crippen LogP contribution in [-0.2, 0) is 6.42 Å². The van der Waals surface area contributed by atoms with E-state index in [9.17, 15) is 9.18 Å². The van der Waals surface area contributed by atoms with Gasteiger partial charge in [0, 0.05) is 29.4 Å². The SMILES string of the molecule is COc1ccc(Cl)c2c1N(C(=O)c1ccnc(F)c1)CCC2. The Morgan fingerprint density at radius 2 is 2.23 bits per heavy atom. The minimum absolute atomic E-state index is 0.252. The fourth-order valence-electron chi connectivity index (χ4n) is 2.71. The van der Waals surface area contributed by atoms with Gasteiger partial charge in [0.1, 0.15) is 5.75 Å². The van der Waals surface area contributed by atoms with Gasteiger partial charge in [0.2, 0.25) is 5.95 Å². The Morgan fingerprint density at radius 1 is 1.41 bits per heavy atom. The van der Waals surface area contributed by atoms with Crippen molar-refractivity contribution < 1.29 is 13.9 Å². The molecule has 0 atom stereocenters. The fraction of sp³-hybridized carbons (Fsp3) is 0.250. The molecule has 0 aliphatic carbocycles. The summed E-state index contributed by atoms with van der Waals surface area (Å²) < 4.78 is 18.6. The molecule has 0 radical (unpaired) electrons. The van der Waals surface area contributed by atoms with E-state index in [1.165, 1.54) is 12.3 Å². The van der Waals surface area contributed by atoms with Crippen LogP contribution in [0.3, 0.4) is 0 Å². The van der Waals surface area contributed by atoms with Crippen LogP contribution in [0, 0.1) is 5.95 Å². The second-order valence-electron chi connectivity index (χ2n) is 5.00. The summed E-state index contributed by atoms with van der Waals surface area (Å²) in [5.74, 6) is -0.383. The maximum absolute atomic E-state index is 13.3. The lowest BCUT2D eigenvalue weighted by Crippen LogP contribution is -2.36. The highest BCUT2D eigenvalue weighted by atomic mass is 35.5. The maximum atomic E-state index is 13.3. The number of pyridine rings is 1. The summed E-state index contributed by atoms with van der Waals surface area (Å²) in [5, 5.41) is 0.606. The van der Waals surface area contributed by atoms with Crippen molar-refractivity contribution in [3.63, 3.8) is 0 Å². The van der Waals surface area contributed by atoms with Gasteiger partial charge in [0.05, 0.1) is 12.8 Å². The first-order valence-electron chi connectivity index (χ1n) is 6.90. The van der Waals surface area contributed by atoms with Crippen molar-refractivity contribution in [2.45, 2.75) is 12.8 Å². The number of carbonyl (C=O) groups excluding carboxylic acids is 1. The quantitative estimate of drug-likeness (QED) is 0.796. The van der Waals surface area contributed by atoms with Crippen LogP contribution in [0.4, 0.5) is 10.1 Å². The van der Waals surface area contributed by atoms with Crippen molar-refractivity contribution in [1.82, 2.24) is 4.98 Å². The zero-order valence-electron chi connectivity index (χ0n) is 12.0. The molecule has 1 aliphatic rings. The first-order chi connectivity index (χ1) is 10.6. The summed E-state index contributed by atoms with van der Waals surface area (Å²) in [7, 11) is 1.55. The van der Waals surface area contributed by atoms with Gasteiger partial charge < -0.3 is 9.64 Å². The first kappa shape index (κ1) is 14.8. The van der Waals surface area contributed by atoms with E-state index in [2.05, 4.69) is 4.98 Å². The number of fused-ring (bicyclic) bond motifs is 1. The number of hydrogen-bond donors (Lipinski definition) is 0. The molecule has 0 spiro atoms. The Morgan fingerprint density at radius 3 is 2.95 bits per heavy atom. The van der Waals surface area contributed by atoms with Crippen molar-refractivity contribution >= 4 is 23.2 Å². The van der Waals surface area contributed by atoms with Crippen LogP contribution < -0.4 is 9.64 Å². The molecule has 1 aromatic carbocycles. The van der Waals surface area contributed by atoms with E-state index in [1.54, 1.807) is 24.1 Å². The molecule has 0 N–H and O–H groups in total. The van der Waals surface area contributed by atoms with Crippen molar-refractivity contribution in [2.24, 2.45) is 0 Å². The van der Waals surface area contributed by atoms with E-state index in [-0.39, 0.29) is 11.5 Å².